The smallest absolute Gasteiger partial charge is 0.281 e. The summed E-state index contributed by atoms with van der Waals surface area (Å²) in [6.45, 7) is 12.2. The molecule has 0 unspecified atom stereocenters. The summed E-state index contributed by atoms with van der Waals surface area (Å²) in [5, 5.41) is 0. The van der Waals surface area contributed by atoms with E-state index in [0.29, 0.717) is 32.7 Å². The molecule has 0 aromatic carbocycles. The minimum atomic E-state index is -3.36. The van der Waals surface area contributed by atoms with Crippen molar-refractivity contribution in [1.82, 2.24) is 8.61 Å². The Morgan fingerprint density at radius 2 is 1.56 bits per heavy atom. The second-order valence-electron chi connectivity index (χ2n) is 5.29. The van der Waals surface area contributed by atoms with E-state index in [2.05, 4.69) is 0 Å². The van der Waals surface area contributed by atoms with Crippen LogP contribution in [0.2, 0.25) is 0 Å². The zero-order chi connectivity index (χ0) is 14.4. The van der Waals surface area contributed by atoms with Gasteiger partial charge in [-0.3, -0.25) is 0 Å². The van der Waals surface area contributed by atoms with Crippen LogP contribution in [0.5, 0.6) is 0 Å². The Bertz CT molecular complexity index is 324. The summed E-state index contributed by atoms with van der Waals surface area (Å²) in [5.74, 6) is 0. The van der Waals surface area contributed by atoms with Crippen LogP contribution in [0.15, 0.2) is 0 Å². The first-order valence-corrected chi connectivity index (χ1v) is 8.10. The Morgan fingerprint density at radius 1 is 1.06 bits per heavy atom. The second kappa shape index (κ2) is 7.43. The van der Waals surface area contributed by atoms with Gasteiger partial charge >= 0.3 is 0 Å². The molecule has 0 bridgehead atoms. The van der Waals surface area contributed by atoms with Crippen molar-refractivity contribution in [2.24, 2.45) is 11.1 Å². The van der Waals surface area contributed by atoms with Crippen molar-refractivity contribution in [2.75, 3.05) is 32.7 Å². The predicted molar refractivity (Wildman–Crippen MR) is 76.5 cm³/mol. The van der Waals surface area contributed by atoms with Crippen LogP contribution < -0.4 is 5.73 Å². The van der Waals surface area contributed by atoms with E-state index < -0.39 is 10.2 Å². The highest BCUT2D eigenvalue weighted by molar-refractivity contribution is 7.86. The van der Waals surface area contributed by atoms with E-state index in [1.807, 2.05) is 34.6 Å². The molecule has 0 saturated carbocycles. The average Bonchev–Trinajstić information content (AvgIpc) is 2.29. The van der Waals surface area contributed by atoms with Gasteiger partial charge in [-0.1, -0.05) is 34.6 Å². The van der Waals surface area contributed by atoms with E-state index in [0.717, 1.165) is 6.42 Å². The topological polar surface area (TPSA) is 66.6 Å². The van der Waals surface area contributed by atoms with Crippen molar-refractivity contribution < 1.29 is 8.42 Å². The van der Waals surface area contributed by atoms with E-state index in [4.69, 9.17) is 5.73 Å². The molecule has 0 heterocycles. The summed E-state index contributed by atoms with van der Waals surface area (Å²) in [7, 11) is -3.36. The molecule has 18 heavy (non-hydrogen) atoms. The maximum atomic E-state index is 12.5. The Morgan fingerprint density at radius 3 is 1.89 bits per heavy atom. The normalized spacial score (nSPS) is 13.6. The summed E-state index contributed by atoms with van der Waals surface area (Å²) in [6.07, 6.45) is 0.807. The van der Waals surface area contributed by atoms with Crippen molar-refractivity contribution in [3.05, 3.63) is 0 Å². The van der Waals surface area contributed by atoms with Crippen LogP contribution in [0.4, 0.5) is 0 Å². The zero-order valence-electron chi connectivity index (χ0n) is 12.4. The molecule has 0 saturated heterocycles. The number of hydrogen-bond donors (Lipinski definition) is 1. The highest BCUT2D eigenvalue weighted by Crippen LogP contribution is 2.19. The largest absolute Gasteiger partial charge is 0.330 e. The molecule has 0 amide bonds. The molecule has 110 valence electrons. The minimum absolute atomic E-state index is 0.199. The predicted octanol–water partition coefficient (Wildman–Crippen LogP) is 1.27. The lowest BCUT2D eigenvalue weighted by Crippen LogP contribution is -2.48. The molecule has 0 atom stereocenters. The van der Waals surface area contributed by atoms with Gasteiger partial charge in [0, 0.05) is 26.2 Å². The Kier molecular flexibility index (Phi) is 7.36. The maximum Gasteiger partial charge on any atom is 0.281 e. The van der Waals surface area contributed by atoms with Gasteiger partial charge in [0.1, 0.15) is 0 Å². The van der Waals surface area contributed by atoms with Gasteiger partial charge in [-0.2, -0.15) is 17.0 Å². The van der Waals surface area contributed by atoms with Crippen molar-refractivity contribution in [3.8, 4) is 0 Å². The van der Waals surface area contributed by atoms with Gasteiger partial charge in [0.15, 0.2) is 0 Å². The van der Waals surface area contributed by atoms with Gasteiger partial charge < -0.3 is 5.73 Å². The number of nitrogens with zero attached hydrogens (tertiary/aromatic N) is 2. The van der Waals surface area contributed by atoms with Crippen LogP contribution in [-0.2, 0) is 10.2 Å². The zero-order valence-corrected chi connectivity index (χ0v) is 13.3. The fraction of sp³-hybridized carbons (Fsp3) is 1.00. The van der Waals surface area contributed by atoms with E-state index in [1.54, 1.807) is 4.31 Å². The molecule has 0 radical (unpaired) electrons. The van der Waals surface area contributed by atoms with Gasteiger partial charge in [-0.25, -0.2) is 0 Å². The number of nitrogens with two attached hydrogens (primary N) is 1. The summed E-state index contributed by atoms with van der Waals surface area (Å²) >= 11 is 0. The molecule has 5 nitrogen and oxygen atoms in total. The highest BCUT2D eigenvalue weighted by Gasteiger charge is 2.31. The standard InChI is InChI=1S/C12H29N3O2S/c1-6-9-15(11-12(4,5)10-13)18(16,17)14(7-2)8-3/h6-11,13H2,1-5H3. The van der Waals surface area contributed by atoms with Crippen LogP contribution in [-0.4, -0.2) is 49.8 Å². The highest BCUT2D eigenvalue weighted by atomic mass is 32.2. The van der Waals surface area contributed by atoms with Gasteiger partial charge in [-0.05, 0) is 18.4 Å². The third kappa shape index (κ3) is 4.84. The Balaban J connectivity index is 5.10. The number of hydrogen-bond acceptors (Lipinski definition) is 3. The third-order valence-electron chi connectivity index (χ3n) is 2.99. The number of rotatable bonds is 9. The van der Waals surface area contributed by atoms with E-state index in [1.165, 1.54) is 4.31 Å². The van der Waals surface area contributed by atoms with Gasteiger partial charge in [-0.15, -0.1) is 0 Å². The summed E-state index contributed by atoms with van der Waals surface area (Å²) < 4.78 is 28.0. The molecule has 0 aliphatic carbocycles. The lowest BCUT2D eigenvalue weighted by molar-refractivity contribution is 0.251. The van der Waals surface area contributed by atoms with Crippen molar-refractivity contribution in [2.45, 2.75) is 41.0 Å². The fourth-order valence-electron chi connectivity index (χ4n) is 1.78. The molecule has 6 heteroatoms. The summed E-state index contributed by atoms with van der Waals surface area (Å²) in [6, 6.07) is 0. The van der Waals surface area contributed by atoms with Crippen molar-refractivity contribution in [1.29, 1.82) is 0 Å². The maximum absolute atomic E-state index is 12.5. The van der Waals surface area contributed by atoms with Crippen molar-refractivity contribution >= 4 is 10.2 Å². The molecule has 0 aliphatic rings. The van der Waals surface area contributed by atoms with Crippen LogP contribution in [0.3, 0.4) is 0 Å². The molecule has 0 spiro atoms. The first kappa shape index (κ1) is 17.8. The summed E-state index contributed by atoms with van der Waals surface area (Å²) in [5.41, 5.74) is 5.50. The quantitative estimate of drug-likeness (QED) is 0.691. The monoisotopic (exact) mass is 279 g/mol. The molecule has 0 rings (SSSR count). The first-order chi connectivity index (χ1) is 8.25. The molecular formula is C12H29N3O2S. The second-order valence-corrected chi connectivity index (χ2v) is 7.22. The van der Waals surface area contributed by atoms with E-state index in [-0.39, 0.29) is 5.41 Å². The minimum Gasteiger partial charge on any atom is -0.330 e. The lowest BCUT2D eigenvalue weighted by atomic mass is 9.94. The van der Waals surface area contributed by atoms with Gasteiger partial charge in [0.2, 0.25) is 0 Å². The molecule has 0 aromatic rings. The van der Waals surface area contributed by atoms with Crippen LogP contribution in [0.25, 0.3) is 0 Å². The third-order valence-corrected chi connectivity index (χ3v) is 5.12. The Hall–Kier alpha value is -0.170. The van der Waals surface area contributed by atoms with E-state index >= 15 is 0 Å². The first-order valence-electron chi connectivity index (χ1n) is 6.70. The van der Waals surface area contributed by atoms with Crippen LogP contribution in [0.1, 0.15) is 41.0 Å². The van der Waals surface area contributed by atoms with Crippen LogP contribution >= 0.6 is 0 Å². The SMILES string of the molecule is CCCN(CC(C)(C)CN)S(=O)(=O)N(CC)CC. The van der Waals surface area contributed by atoms with Gasteiger partial charge in [0.25, 0.3) is 10.2 Å². The van der Waals surface area contributed by atoms with Gasteiger partial charge in [0.05, 0.1) is 0 Å². The molecule has 0 aliphatic heterocycles. The van der Waals surface area contributed by atoms with E-state index in [9.17, 15) is 8.42 Å². The van der Waals surface area contributed by atoms with Crippen molar-refractivity contribution in [3.63, 3.8) is 0 Å². The fourth-order valence-corrected chi connectivity index (χ4v) is 3.69. The molecule has 0 aromatic heterocycles. The molecule has 2 N–H and O–H groups in total. The Labute approximate surface area is 113 Å². The summed E-state index contributed by atoms with van der Waals surface area (Å²) in [4.78, 5) is 0. The average molecular weight is 279 g/mol. The van der Waals surface area contributed by atoms with Crippen LogP contribution in [0, 0.1) is 5.41 Å². The lowest BCUT2D eigenvalue weighted by Gasteiger charge is -2.34. The molecular weight excluding hydrogens is 250 g/mol. The molecule has 0 fully saturated rings.